The molecule has 3 rings (SSSR count). The fourth-order valence-electron chi connectivity index (χ4n) is 2.67. The maximum absolute atomic E-state index is 12.6. The number of amides is 1. The lowest BCUT2D eigenvalue weighted by Crippen LogP contribution is -2.17. The van der Waals surface area contributed by atoms with Crippen molar-refractivity contribution in [2.45, 2.75) is 11.8 Å². The van der Waals surface area contributed by atoms with E-state index >= 15 is 0 Å². The van der Waals surface area contributed by atoms with Gasteiger partial charge in [0.15, 0.2) is 0 Å². The normalized spacial score (nSPS) is 10.9. The van der Waals surface area contributed by atoms with Gasteiger partial charge in [-0.25, -0.2) is 13.2 Å². The predicted octanol–water partition coefficient (Wildman–Crippen LogP) is 3.75. The Kier molecular flexibility index (Phi) is 5.65. The number of hydrogen-bond acceptors (Lipinski definition) is 4. The third kappa shape index (κ3) is 4.61. The van der Waals surface area contributed by atoms with Crippen molar-refractivity contribution >= 4 is 33.3 Å². The van der Waals surface area contributed by atoms with Gasteiger partial charge in [0.2, 0.25) is 0 Å². The Morgan fingerprint density at radius 1 is 0.828 bits per heavy atom. The molecule has 148 valence electrons. The Hall–Kier alpha value is -3.65. The summed E-state index contributed by atoms with van der Waals surface area (Å²) in [5, 5.41) is 11.8. The minimum Gasteiger partial charge on any atom is -0.478 e. The Labute approximate surface area is 168 Å². The number of carbonyl (C=O) groups is 2. The lowest BCUT2D eigenvalue weighted by Gasteiger charge is -2.11. The largest absolute Gasteiger partial charge is 0.478 e. The van der Waals surface area contributed by atoms with E-state index in [1.54, 1.807) is 31.2 Å². The predicted molar refractivity (Wildman–Crippen MR) is 110 cm³/mol. The molecule has 0 heterocycles. The van der Waals surface area contributed by atoms with Crippen LogP contribution in [-0.4, -0.2) is 25.4 Å². The van der Waals surface area contributed by atoms with Crippen molar-refractivity contribution in [2.24, 2.45) is 0 Å². The van der Waals surface area contributed by atoms with Gasteiger partial charge in [-0.3, -0.25) is 9.52 Å². The highest BCUT2D eigenvalue weighted by molar-refractivity contribution is 7.92. The number of carboxylic acids is 1. The highest BCUT2D eigenvalue weighted by Gasteiger charge is 2.17. The van der Waals surface area contributed by atoms with Crippen LogP contribution in [0.4, 0.5) is 11.4 Å². The van der Waals surface area contributed by atoms with Gasteiger partial charge >= 0.3 is 5.97 Å². The Balaban J connectivity index is 1.78. The highest BCUT2D eigenvalue weighted by atomic mass is 32.2. The average molecular weight is 410 g/mol. The summed E-state index contributed by atoms with van der Waals surface area (Å²) in [6.45, 7) is 1.80. The topological polar surface area (TPSA) is 113 Å². The molecule has 8 heteroatoms. The molecule has 3 aromatic carbocycles. The highest BCUT2D eigenvalue weighted by Crippen LogP contribution is 2.21. The van der Waals surface area contributed by atoms with Crippen LogP contribution in [-0.2, 0) is 10.0 Å². The molecule has 29 heavy (non-hydrogen) atoms. The van der Waals surface area contributed by atoms with E-state index in [-0.39, 0.29) is 16.0 Å². The van der Waals surface area contributed by atoms with Gasteiger partial charge in [0.1, 0.15) is 0 Å². The fourth-order valence-corrected chi connectivity index (χ4v) is 3.81. The summed E-state index contributed by atoms with van der Waals surface area (Å²) in [4.78, 5) is 23.7. The molecular weight excluding hydrogens is 392 g/mol. The van der Waals surface area contributed by atoms with Crippen molar-refractivity contribution < 1.29 is 23.1 Å². The van der Waals surface area contributed by atoms with Crippen LogP contribution in [0.25, 0.3) is 0 Å². The van der Waals surface area contributed by atoms with Gasteiger partial charge in [0.05, 0.1) is 21.7 Å². The second-order valence-electron chi connectivity index (χ2n) is 6.25. The van der Waals surface area contributed by atoms with E-state index in [0.717, 1.165) is 5.56 Å². The number of carbonyl (C=O) groups excluding carboxylic acids is 1. The first-order chi connectivity index (χ1) is 13.8. The van der Waals surface area contributed by atoms with Crippen LogP contribution in [0.1, 0.15) is 26.3 Å². The van der Waals surface area contributed by atoms with Gasteiger partial charge < -0.3 is 10.4 Å². The average Bonchev–Trinajstić information content (AvgIpc) is 2.70. The second-order valence-corrected chi connectivity index (χ2v) is 7.93. The van der Waals surface area contributed by atoms with Gasteiger partial charge in [0.25, 0.3) is 15.9 Å². The number of anilines is 2. The zero-order valence-electron chi connectivity index (χ0n) is 15.4. The van der Waals surface area contributed by atoms with Crippen molar-refractivity contribution in [3.63, 3.8) is 0 Å². The van der Waals surface area contributed by atoms with E-state index in [2.05, 4.69) is 10.0 Å². The van der Waals surface area contributed by atoms with E-state index in [1.165, 1.54) is 42.5 Å². The second kappa shape index (κ2) is 8.15. The van der Waals surface area contributed by atoms with Crippen molar-refractivity contribution in [3.8, 4) is 0 Å². The molecule has 0 aliphatic rings. The number of sulfonamides is 1. The smallest absolute Gasteiger partial charge is 0.336 e. The molecule has 0 spiro atoms. The lowest BCUT2D eigenvalue weighted by molar-refractivity contribution is 0.0692. The number of hydrogen-bond donors (Lipinski definition) is 3. The molecule has 0 fully saturated rings. The Morgan fingerprint density at radius 2 is 1.41 bits per heavy atom. The van der Waals surface area contributed by atoms with E-state index < -0.39 is 21.9 Å². The minimum atomic E-state index is -3.79. The fraction of sp³-hybridized carbons (Fsp3) is 0.0476. The molecule has 3 aromatic rings. The molecular formula is C21H18N2O5S. The number of rotatable bonds is 6. The maximum atomic E-state index is 12.6. The number of aryl methyl sites for hydroxylation is 1. The van der Waals surface area contributed by atoms with Crippen LogP contribution in [0, 0.1) is 6.92 Å². The zero-order chi connectivity index (χ0) is 21.0. The number of para-hydroxylation sites is 1. The first-order valence-corrected chi connectivity index (χ1v) is 10.1. The van der Waals surface area contributed by atoms with Gasteiger partial charge in [0, 0.05) is 5.69 Å². The lowest BCUT2D eigenvalue weighted by atomic mass is 10.1. The molecule has 0 bridgehead atoms. The molecule has 0 saturated heterocycles. The summed E-state index contributed by atoms with van der Waals surface area (Å²) in [6.07, 6.45) is 0. The van der Waals surface area contributed by atoms with E-state index in [9.17, 15) is 23.1 Å². The van der Waals surface area contributed by atoms with Crippen molar-refractivity contribution in [3.05, 3.63) is 89.5 Å². The molecule has 0 aromatic heterocycles. The molecule has 0 aliphatic heterocycles. The van der Waals surface area contributed by atoms with Crippen LogP contribution >= 0.6 is 0 Å². The van der Waals surface area contributed by atoms with Gasteiger partial charge in [-0.05, 0) is 55.0 Å². The first kappa shape index (κ1) is 20.1. The van der Waals surface area contributed by atoms with Crippen molar-refractivity contribution in [1.82, 2.24) is 0 Å². The van der Waals surface area contributed by atoms with Gasteiger partial charge in [-0.1, -0.05) is 30.3 Å². The molecule has 0 aliphatic carbocycles. The van der Waals surface area contributed by atoms with Crippen LogP contribution in [0.15, 0.2) is 77.7 Å². The van der Waals surface area contributed by atoms with Crippen molar-refractivity contribution in [1.29, 1.82) is 0 Å². The summed E-state index contributed by atoms with van der Waals surface area (Å²) in [6, 6.07) is 18.4. The third-order valence-electron chi connectivity index (χ3n) is 4.21. The molecule has 0 atom stereocenters. The van der Waals surface area contributed by atoms with E-state index in [4.69, 9.17) is 0 Å². The number of nitrogens with one attached hydrogen (secondary N) is 2. The SMILES string of the molecule is Cc1ccccc1NS(=O)(=O)c1ccc(NC(=O)c2ccccc2C(=O)O)cc1. The molecule has 0 radical (unpaired) electrons. The van der Waals surface area contributed by atoms with E-state index in [0.29, 0.717) is 11.4 Å². The van der Waals surface area contributed by atoms with Gasteiger partial charge in [-0.15, -0.1) is 0 Å². The summed E-state index contributed by atoms with van der Waals surface area (Å²) < 4.78 is 27.7. The zero-order valence-corrected chi connectivity index (χ0v) is 16.2. The third-order valence-corrected chi connectivity index (χ3v) is 5.60. The molecule has 1 amide bonds. The summed E-state index contributed by atoms with van der Waals surface area (Å²) >= 11 is 0. The molecule has 0 unspecified atom stereocenters. The van der Waals surface area contributed by atoms with Crippen LogP contribution in [0.3, 0.4) is 0 Å². The van der Waals surface area contributed by atoms with E-state index in [1.807, 2.05) is 6.07 Å². The Morgan fingerprint density at radius 3 is 2.03 bits per heavy atom. The van der Waals surface area contributed by atoms with Crippen LogP contribution < -0.4 is 10.0 Å². The quantitative estimate of drug-likeness (QED) is 0.573. The Bertz CT molecular complexity index is 1170. The van der Waals surface area contributed by atoms with Gasteiger partial charge in [-0.2, -0.15) is 0 Å². The minimum absolute atomic E-state index is 0.0120. The number of benzene rings is 3. The number of carboxylic acid groups (broad SMARTS) is 1. The maximum Gasteiger partial charge on any atom is 0.336 e. The first-order valence-electron chi connectivity index (χ1n) is 8.60. The standard InChI is InChI=1S/C21H18N2O5S/c1-14-6-2-5-9-19(14)23-29(27,28)16-12-10-15(11-13-16)22-20(24)17-7-3-4-8-18(17)21(25)26/h2-13,23H,1H3,(H,22,24)(H,25,26). The summed E-state index contributed by atoms with van der Waals surface area (Å²) in [5.41, 5.74) is 1.50. The van der Waals surface area contributed by atoms with Crippen molar-refractivity contribution in [2.75, 3.05) is 10.0 Å². The molecule has 7 nitrogen and oxygen atoms in total. The summed E-state index contributed by atoms with van der Waals surface area (Å²) in [7, 11) is -3.79. The summed E-state index contributed by atoms with van der Waals surface area (Å²) in [5.74, 6) is -1.81. The number of aromatic carboxylic acids is 1. The molecule has 3 N–H and O–H groups in total. The van der Waals surface area contributed by atoms with Crippen LogP contribution in [0.5, 0.6) is 0 Å². The molecule has 0 saturated carbocycles. The monoisotopic (exact) mass is 410 g/mol. The van der Waals surface area contributed by atoms with Crippen LogP contribution in [0.2, 0.25) is 0 Å².